The first-order chi connectivity index (χ1) is 22.7. The molecule has 0 aliphatic carbocycles. The third-order valence-electron chi connectivity index (χ3n) is 6.87. The van der Waals surface area contributed by atoms with Gasteiger partial charge in [-0.05, 0) is 70.9 Å². The van der Waals surface area contributed by atoms with E-state index in [4.69, 9.17) is 20.9 Å². The second kappa shape index (κ2) is 19.8. The van der Waals surface area contributed by atoms with Gasteiger partial charge in [-0.15, -0.1) is 0 Å². The Kier molecular flexibility index (Phi) is 17.0. The molecule has 0 unspecified atom stereocenters. The summed E-state index contributed by atoms with van der Waals surface area (Å²) >= 11 is 0. The number of hydrogen-bond donors (Lipinski definition) is 7. The van der Waals surface area contributed by atoms with E-state index in [1.807, 2.05) is 13.8 Å². The zero-order valence-corrected chi connectivity index (χ0v) is 29.6. The number of amides is 4. The van der Waals surface area contributed by atoms with Crippen molar-refractivity contribution in [2.24, 2.45) is 28.3 Å². The number of carboxylic acid groups (broad SMARTS) is 1. The SMILES string of the molecule is CC(C)C[C@H](NC(=O)[C@@H](NC(=O)[C@@H](NC(=O)OC(C)(C)C)[C@@H](C)OC(=O)c1ccccc1)C(C)C)C(=O)N[C@@H](CCCN=C(N)N)C(=O)O. The molecular weight excluding hydrogens is 638 g/mol. The van der Waals surface area contributed by atoms with E-state index in [0.29, 0.717) is 0 Å². The molecule has 0 fully saturated rings. The number of carbonyl (C=O) groups is 6. The number of hydrogen-bond acceptors (Lipinski definition) is 9. The maximum absolute atomic E-state index is 13.7. The van der Waals surface area contributed by atoms with Gasteiger partial charge >= 0.3 is 18.0 Å². The average Bonchev–Trinajstić information content (AvgIpc) is 2.98. The number of carboxylic acids is 1. The topological polar surface area (TPSA) is 254 Å². The van der Waals surface area contributed by atoms with Crippen LogP contribution >= 0.6 is 0 Å². The number of nitrogens with zero attached hydrogens (tertiary/aromatic N) is 1. The highest BCUT2D eigenvalue weighted by Gasteiger charge is 2.36. The molecule has 1 aromatic rings. The minimum Gasteiger partial charge on any atom is -0.480 e. The minimum absolute atomic E-state index is 0.0317. The summed E-state index contributed by atoms with van der Waals surface area (Å²) < 4.78 is 10.8. The second-order valence-corrected chi connectivity index (χ2v) is 13.4. The third kappa shape index (κ3) is 16.2. The van der Waals surface area contributed by atoms with Crippen LogP contribution in [0.5, 0.6) is 0 Å². The van der Waals surface area contributed by atoms with E-state index in [1.54, 1.807) is 52.8 Å². The molecule has 0 aliphatic rings. The van der Waals surface area contributed by atoms with E-state index in [0.717, 1.165) is 0 Å². The minimum atomic E-state index is -1.48. The van der Waals surface area contributed by atoms with E-state index < -0.39 is 77.5 Å². The summed E-state index contributed by atoms with van der Waals surface area (Å²) in [5, 5.41) is 19.8. The summed E-state index contributed by atoms with van der Waals surface area (Å²) in [6.07, 6.45) is -1.71. The van der Waals surface area contributed by atoms with Gasteiger partial charge in [0.2, 0.25) is 17.7 Å². The van der Waals surface area contributed by atoms with Crippen molar-refractivity contribution < 1.29 is 43.3 Å². The van der Waals surface area contributed by atoms with Gasteiger partial charge in [0.05, 0.1) is 5.56 Å². The van der Waals surface area contributed by atoms with E-state index in [-0.39, 0.29) is 43.2 Å². The number of esters is 1. The smallest absolute Gasteiger partial charge is 0.408 e. The lowest BCUT2D eigenvalue weighted by Gasteiger charge is -2.30. The standard InChI is InChI=1S/C33H53N7O9/c1-18(2)17-23(26(41)37-22(29(44)45)15-12-16-36-31(34)35)38-27(42)24(19(3)4)39-28(43)25(40-32(47)49-33(6,7)8)20(5)48-30(46)21-13-10-9-11-14-21/h9-11,13-14,18-20,22-25H,12,15-17H2,1-8H3,(H,37,41)(H,38,42)(H,39,43)(H,40,47)(H,44,45)(H4,34,35,36)/t20-,22+,23+,24+,25+/m1/s1. The van der Waals surface area contributed by atoms with Crippen molar-refractivity contribution in [3.63, 3.8) is 0 Å². The lowest BCUT2D eigenvalue weighted by molar-refractivity contribution is -0.142. The predicted octanol–water partition coefficient (Wildman–Crippen LogP) is 1.42. The van der Waals surface area contributed by atoms with Crippen LogP contribution in [0, 0.1) is 11.8 Å². The Bertz CT molecular complexity index is 1310. The van der Waals surface area contributed by atoms with E-state index in [2.05, 4.69) is 26.3 Å². The fourth-order valence-electron chi connectivity index (χ4n) is 4.49. The molecule has 16 heteroatoms. The van der Waals surface area contributed by atoms with Crippen LogP contribution in [0.3, 0.4) is 0 Å². The number of aliphatic carboxylic acids is 1. The molecule has 0 aromatic heterocycles. The van der Waals surface area contributed by atoms with Gasteiger partial charge < -0.3 is 47.3 Å². The van der Waals surface area contributed by atoms with Crippen LogP contribution in [0.1, 0.15) is 85.0 Å². The van der Waals surface area contributed by atoms with Gasteiger partial charge in [-0.25, -0.2) is 14.4 Å². The molecule has 5 atom stereocenters. The third-order valence-corrected chi connectivity index (χ3v) is 6.87. The Morgan fingerprint density at radius 1 is 0.816 bits per heavy atom. The summed E-state index contributed by atoms with van der Waals surface area (Å²) in [7, 11) is 0. The summed E-state index contributed by atoms with van der Waals surface area (Å²) in [6, 6.07) is 2.93. The zero-order valence-electron chi connectivity index (χ0n) is 29.6. The number of carbonyl (C=O) groups excluding carboxylic acids is 5. The van der Waals surface area contributed by atoms with Crippen molar-refractivity contribution in [1.82, 2.24) is 21.3 Å². The Morgan fingerprint density at radius 3 is 1.90 bits per heavy atom. The van der Waals surface area contributed by atoms with E-state index >= 15 is 0 Å². The Hall–Kier alpha value is -4.89. The first kappa shape index (κ1) is 42.1. The number of nitrogens with two attached hydrogens (primary N) is 2. The summed E-state index contributed by atoms with van der Waals surface area (Å²) in [4.78, 5) is 81.8. The molecule has 0 heterocycles. The van der Waals surface area contributed by atoms with Crippen LogP contribution in [0.15, 0.2) is 35.3 Å². The Morgan fingerprint density at radius 2 is 1.39 bits per heavy atom. The molecule has 4 amide bonds. The lowest BCUT2D eigenvalue weighted by Crippen LogP contribution is -2.61. The molecule has 49 heavy (non-hydrogen) atoms. The molecule has 274 valence electrons. The first-order valence-electron chi connectivity index (χ1n) is 16.2. The Labute approximate surface area is 287 Å². The van der Waals surface area contributed by atoms with Crippen LogP contribution in [-0.2, 0) is 28.7 Å². The normalized spacial score (nSPS) is 14.3. The molecule has 0 saturated heterocycles. The maximum Gasteiger partial charge on any atom is 0.408 e. The molecule has 0 bridgehead atoms. The number of nitrogens with one attached hydrogen (secondary N) is 4. The van der Waals surface area contributed by atoms with E-state index in [9.17, 15) is 33.9 Å². The monoisotopic (exact) mass is 691 g/mol. The van der Waals surface area contributed by atoms with Gasteiger partial charge in [0.25, 0.3) is 0 Å². The lowest BCUT2D eigenvalue weighted by atomic mass is 9.99. The van der Waals surface area contributed by atoms with Gasteiger partial charge in [0.15, 0.2) is 5.96 Å². The van der Waals surface area contributed by atoms with Gasteiger partial charge in [0, 0.05) is 6.54 Å². The zero-order chi connectivity index (χ0) is 37.5. The molecule has 0 aliphatic heterocycles. The van der Waals surface area contributed by atoms with Crippen molar-refractivity contribution in [2.45, 2.75) is 111 Å². The van der Waals surface area contributed by atoms with Crippen LogP contribution in [0.25, 0.3) is 0 Å². The predicted molar refractivity (Wildman–Crippen MR) is 182 cm³/mol. The van der Waals surface area contributed by atoms with Crippen molar-refractivity contribution in [3.05, 3.63) is 35.9 Å². The van der Waals surface area contributed by atoms with Gasteiger partial charge in [-0.3, -0.25) is 19.4 Å². The average molecular weight is 692 g/mol. The first-order valence-corrected chi connectivity index (χ1v) is 16.2. The van der Waals surface area contributed by atoms with Crippen molar-refractivity contribution in [3.8, 4) is 0 Å². The fraction of sp³-hybridized carbons (Fsp3) is 0.606. The van der Waals surface area contributed by atoms with Crippen molar-refractivity contribution in [2.75, 3.05) is 6.54 Å². The van der Waals surface area contributed by atoms with Crippen LogP contribution < -0.4 is 32.7 Å². The van der Waals surface area contributed by atoms with Crippen LogP contribution in [0.2, 0.25) is 0 Å². The molecule has 16 nitrogen and oxygen atoms in total. The van der Waals surface area contributed by atoms with Crippen LogP contribution in [0.4, 0.5) is 4.79 Å². The molecule has 9 N–H and O–H groups in total. The molecular formula is C33H53N7O9. The Balaban J connectivity index is 3.21. The van der Waals surface area contributed by atoms with Gasteiger partial charge in [-0.2, -0.15) is 0 Å². The van der Waals surface area contributed by atoms with E-state index in [1.165, 1.54) is 19.1 Å². The van der Waals surface area contributed by atoms with Crippen molar-refractivity contribution >= 4 is 41.7 Å². The number of rotatable bonds is 18. The molecule has 1 rings (SSSR count). The molecule has 0 radical (unpaired) electrons. The van der Waals surface area contributed by atoms with Crippen LogP contribution in [-0.4, -0.2) is 89.2 Å². The number of ether oxygens (including phenoxy) is 2. The number of guanidine groups is 1. The summed E-state index contributed by atoms with van der Waals surface area (Å²) in [5.41, 5.74) is 9.92. The highest BCUT2D eigenvalue weighted by molar-refractivity contribution is 5.95. The summed E-state index contributed by atoms with van der Waals surface area (Å²) in [6.45, 7) is 13.4. The number of aliphatic imine (C=N–C) groups is 1. The number of alkyl carbamates (subject to hydrolysis) is 1. The summed E-state index contributed by atoms with van der Waals surface area (Å²) in [5.74, 6) is -5.07. The molecule has 1 aromatic carbocycles. The highest BCUT2D eigenvalue weighted by atomic mass is 16.6. The second-order valence-electron chi connectivity index (χ2n) is 13.4. The fourth-order valence-corrected chi connectivity index (χ4v) is 4.49. The maximum atomic E-state index is 13.7. The highest BCUT2D eigenvalue weighted by Crippen LogP contribution is 2.13. The van der Waals surface area contributed by atoms with Gasteiger partial charge in [-0.1, -0.05) is 45.9 Å². The molecule has 0 saturated carbocycles. The number of benzene rings is 1. The van der Waals surface area contributed by atoms with Crippen molar-refractivity contribution in [1.29, 1.82) is 0 Å². The van der Waals surface area contributed by atoms with Gasteiger partial charge in [0.1, 0.15) is 35.9 Å². The molecule has 0 spiro atoms. The largest absolute Gasteiger partial charge is 0.480 e. The quantitative estimate of drug-likeness (QED) is 0.0501.